The molecule has 1 heterocycles. The number of nitrogens with zero attached hydrogens (tertiary/aromatic N) is 3. The molecular weight excluding hydrogens is 505 g/mol. The Balaban J connectivity index is 1.36. The first-order valence-corrected chi connectivity index (χ1v) is 11.5. The van der Waals surface area contributed by atoms with Gasteiger partial charge in [0.2, 0.25) is 0 Å². The molecule has 0 radical (unpaired) electrons. The molecule has 198 valence electrons. The molecule has 1 atom stereocenters. The molecule has 3 aliphatic carbocycles. The summed E-state index contributed by atoms with van der Waals surface area (Å²) in [5.74, 6) is -6.07. The Morgan fingerprint density at radius 1 is 0.973 bits per heavy atom. The molecule has 37 heavy (non-hydrogen) atoms. The van der Waals surface area contributed by atoms with Gasteiger partial charge in [0.15, 0.2) is 5.60 Å². The zero-order chi connectivity index (χ0) is 26.7. The van der Waals surface area contributed by atoms with Gasteiger partial charge in [-0.15, -0.1) is 0 Å². The van der Waals surface area contributed by atoms with Gasteiger partial charge in [0, 0.05) is 23.6 Å². The average molecular weight is 528 g/mol. The van der Waals surface area contributed by atoms with Crippen molar-refractivity contribution in [1.29, 1.82) is 0 Å². The van der Waals surface area contributed by atoms with Crippen molar-refractivity contribution in [3.8, 4) is 0 Å². The number of rotatable bonds is 9. The SMILES string of the molecule is O[C@@](Cn1cncn1)(c1ccc(F)cc1F)C(F)(F)C12CC(c3ccc(CNCC(F)(F)F)cc3)(C1)C2. The number of hydrogen-bond donors (Lipinski definition) is 2. The molecule has 6 rings (SSSR count). The minimum absolute atomic E-state index is 0.00729. The van der Waals surface area contributed by atoms with E-state index < -0.39 is 58.8 Å². The Kier molecular flexibility index (Phi) is 5.91. The van der Waals surface area contributed by atoms with Gasteiger partial charge in [-0.3, -0.25) is 0 Å². The van der Waals surface area contributed by atoms with Crippen molar-refractivity contribution < 1.29 is 35.8 Å². The Bertz CT molecular complexity index is 1260. The number of nitrogens with one attached hydrogen (secondary N) is 1. The maximum absolute atomic E-state index is 16.2. The van der Waals surface area contributed by atoms with Gasteiger partial charge in [-0.1, -0.05) is 24.3 Å². The van der Waals surface area contributed by atoms with Crippen LogP contribution in [0.3, 0.4) is 0 Å². The highest BCUT2D eigenvalue weighted by Gasteiger charge is 2.82. The van der Waals surface area contributed by atoms with Gasteiger partial charge in [-0.05, 0) is 47.9 Å². The van der Waals surface area contributed by atoms with E-state index in [0.29, 0.717) is 11.6 Å². The lowest BCUT2D eigenvalue weighted by Gasteiger charge is -2.74. The molecule has 1 aromatic heterocycles. The number of hydrogen-bond acceptors (Lipinski definition) is 4. The second-order valence-corrected chi connectivity index (χ2v) is 10.2. The summed E-state index contributed by atoms with van der Waals surface area (Å²) in [4.78, 5) is 3.70. The molecule has 0 spiro atoms. The fourth-order valence-corrected chi connectivity index (χ4v) is 5.92. The largest absolute Gasteiger partial charge is 0.401 e. The smallest absolute Gasteiger partial charge is 0.377 e. The Hall–Kier alpha value is -2.99. The third-order valence-corrected chi connectivity index (χ3v) is 7.67. The summed E-state index contributed by atoms with van der Waals surface area (Å²) in [5, 5.41) is 17.5. The van der Waals surface area contributed by atoms with Crippen LogP contribution in [0.1, 0.15) is 36.0 Å². The van der Waals surface area contributed by atoms with Crippen LogP contribution in [0.5, 0.6) is 0 Å². The van der Waals surface area contributed by atoms with E-state index in [1.54, 1.807) is 24.3 Å². The summed E-state index contributed by atoms with van der Waals surface area (Å²) in [6, 6.07) is 8.82. The average Bonchev–Trinajstić information content (AvgIpc) is 3.24. The molecule has 0 aliphatic heterocycles. The number of aromatic nitrogens is 3. The van der Waals surface area contributed by atoms with E-state index in [9.17, 15) is 27.1 Å². The summed E-state index contributed by atoms with van der Waals surface area (Å²) in [6.07, 6.45) is -2.02. The minimum Gasteiger partial charge on any atom is -0.377 e. The van der Waals surface area contributed by atoms with Gasteiger partial charge in [0.1, 0.15) is 24.3 Å². The maximum Gasteiger partial charge on any atom is 0.401 e. The zero-order valence-corrected chi connectivity index (χ0v) is 19.4. The third kappa shape index (κ3) is 4.19. The molecule has 12 heteroatoms. The van der Waals surface area contributed by atoms with Crippen molar-refractivity contribution in [3.05, 3.63) is 83.4 Å². The molecule has 2 N–H and O–H groups in total. The summed E-state index contributed by atoms with van der Waals surface area (Å²) in [5.41, 5.74) is -4.54. The van der Waals surface area contributed by atoms with E-state index >= 15 is 8.78 Å². The first kappa shape index (κ1) is 25.7. The Morgan fingerprint density at radius 3 is 2.22 bits per heavy atom. The highest BCUT2D eigenvalue weighted by atomic mass is 19.4. The Morgan fingerprint density at radius 2 is 1.65 bits per heavy atom. The molecule has 2 bridgehead atoms. The van der Waals surface area contributed by atoms with Crippen molar-refractivity contribution in [3.63, 3.8) is 0 Å². The summed E-state index contributed by atoms with van der Waals surface area (Å²) in [6.45, 7) is -1.91. The number of aliphatic hydroxyl groups is 1. The van der Waals surface area contributed by atoms with E-state index in [1.165, 1.54) is 0 Å². The summed E-state index contributed by atoms with van der Waals surface area (Å²) < 4.78 is 98.6. The topological polar surface area (TPSA) is 63.0 Å². The standard InChI is InChI=1S/C25H23F7N4O/c26-18-5-6-19(20(27)7-18)23(37,13-36-15-34-14-35-36)25(31,32)22-9-21(10-22,11-22)17-3-1-16(2-4-17)8-33-12-24(28,29)30/h1-7,14-15,33,37H,8-13H2/t21?,22?,23-/m0/s1. The molecule has 5 nitrogen and oxygen atoms in total. The van der Waals surface area contributed by atoms with E-state index in [1.807, 2.05) is 0 Å². The predicted molar refractivity (Wildman–Crippen MR) is 117 cm³/mol. The van der Waals surface area contributed by atoms with Gasteiger partial charge >= 0.3 is 6.18 Å². The fraction of sp³-hybridized carbons (Fsp3) is 0.440. The monoisotopic (exact) mass is 528 g/mol. The number of alkyl halides is 5. The molecule has 0 saturated heterocycles. The van der Waals surface area contributed by atoms with Gasteiger partial charge in [0.25, 0.3) is 5.92 Å². The van der Waals surface area contributed by atoms with Crippen molar-refractivity contribution in [2.75, 3.05) is 6.54 Å². The van der Waals surface area contributed by atoms with Crippen molar-refractivity contribution in [2.24, 2.45) is 5.41 Å². The van der Waals surface area contributed by atoms with Crippen LogP contribution in [0.25, 0.3) is 0 Å². The predicted octanol–water partition coefficient (Wildman–Crippen LogP) is 4.85. The minimum atomic E-state index is -4.32. The van der Waals surface area contributed by atoms with Crippen molar-refractivity contribution in [2.45, 2.75) is 55.5 Å². The van der Waals surface area contributed by atoms with E-state index in [-0.39, 0.29) is 25.8 Å². The van der Waals surface area contributed by atoms with Crippen LogP contribution >= 0.6 is 0 Å². The first-order chi connectivity index (χ1) is 17.3. The molecule has 0 amide bonds. The third-order valence-electron chi connectivity index (χ3n) is 7.67. The van der Waals surface area contributed by atoms with Crippen LogP contribution in [0, 0.1) is 17.0 Å². The van der Waals surface area contributed by atoms with Gasteiger partial charge < -0.3 is 10.4 Å². The van der Waals surface area contributed by atoms with Gasteiger partial charge in [-0.2, -0.15) is 18.3 Å². The van der Waals surface area contributed by atoms with Gasteiger partial charge in [-0.25, -0.2) is 27.2 Å². The lowest BCUT2D eigenvalue weighted by atomic mass is 9.30. The summed E-state index contributed by atoms with van der Waals surface area (Å²) in [7, 11) is 0. The van der Waals surface area contributed by atoms with Crippen LogP contribution in [-0.4, -0.2) is 38.5 Å². The number of halogens is 7. The second kappa shape index (κ2) is 8.52. The van der Waals surface area contributed by atoms with Crippen LogP contribution in [0.4, 0.5) is 30.7 Å². The van der Waals surface area contributed by atoms with Crippen LogP contribution in [-0.2, 0) is 24.1 Å². The van der Waals surface area contributed by atoms with Crippen molar-refractivity contribution in [1.82, 2.24) is 20.1 Å². The quantitative estimate of drug-likeness (QED) is 0.390. The van der Waals surface area contributed by atoms with Crippen LogP contribution in [0.2, 0.25) is 0 Å². The Labute approximate surface area is 207 Å². The first-order valence-electron chi connectivity index (χ1n) is 11.5. The highest BCUT2D eigenvalue weighted by molar-refractivity contribution is 5.43. The van der Waals surface area contributed by atoms with E-state index in [2.05, 4.69) is 15.4 Å². The second-order valence-electron chi connectivity index (χ2n) is 10.2. The highest BCUT2D eigenvalue weighted by Crippen LogP contribution is 2.80. The molecular formula is C25H23F7N4O. The lowest BCUT2D eigenvalue weighted by molar-refractivity contribution is -0.347. The van der Waals surface area contributed by atoms with Crippen LogP contribution in [0.15, 0.2) is 55.1 Å². The lowest BCUT2D eigenvalue weighted by Crippen LogP contribution is -2.76. The molecule has 3 saturated carbocycles. The summed E-state index contributed by atoms with van der Waals surface area (Å²) >= 11 is 0. The van der Waals surface area contributed by atoms with E-state index in [0.717, 1.165) is 35.0 Å². The fourth-order valence-electron chi connectivity index (χ4n) is 5.92. The van der Waals surface area contributed by atoms with Gasteiger partial charge in [0.05, 0.1) is 13.1 Å². The van der Waals surface area contributed by atoms with E-state index in [4.69, 9.17) is 0 Å². The normalized spacial score (nSPS) is 24.8. The van der Waals surface area contributed by atoms with Crippen molar-refractivity contribution >= 4 is 0 Å². The molecule has 0 unspecified atom stereocenters. The molecule has 3 aliphatic rings. The van der Waals surface area contributed by atoms with Crippen LogP contribution < -0.4 is 5.32 Å². The molecule has 3 aromatic rings. The maximum atomic E-state index is 16.2. The molecule has 2 aromatic carbocycles. The zero-order valence-electron chi connectivity index (χ0n) is 19.4. The molecule has 3 fully saturated rings. The number of benzene rings is 2.